The summed E-state index contributed by atoms with van der Waals surface area (Å²) in [5.74, 6) is -0.705. The topological polar surface area (TPSA) is 62.7 Å². The molecule has 0 spiro atoms. The molecule has 0 bridgehead atoms. The van der Waals surface area contributed by atoms with E-state index in [0.29, 0.717) is 36.8 Å². The van der Waals surface area contributed by atoms with E-state index in [1.807, 2.05) is 25.1 Å². The molecule has 6 nitrogen and oxygen atoms in total. The molecule has 1 aliphatic heterocycles. The zero-order chi connectivity index (χ0) is 18.5. The van der Waals surface area contributed by atoms with Crippen LogP contribution in [0.5, 0.6) is 0 Å². The average Bonchev–Trinajstić information content (AvgIpc) is 2.68. The van der Waals surface area contributed by atoms with E-state index in [-0.39, 0.29) is 12.5 Å². The minimum atomic E-state index is -0.520. The molecule has 1 fully saturated rings. The van der Waals surface area contributed by atoms with Crippen LogP contribution in [0.3, 0.4) is 0 Å². The number of nitrogens with zero attached hydrogens (tertiary/aromatic N) is 3. The Morgan fingerprint density at radius 1 is 1.12 bits per heavy atom. The van der Waals surface area contributed by atoms with E-state index in [2.05, 4.69) is 9.88 Å². The van der Waals surface area contributed by atoms with Gasteiger partial charge in [-0.25, -0.2) is 4.79 Å². The van der Waals surface area contributed by atoms with Crippen molar-refractivity contribution in [3.05, 3.63) is 58.9 Å². The Hall–Kier alpha value is -2.60. The van der Waals surface area contributed by atoms with Crippen LogP contribution in [0.25, 0.3) is 0 Å². The summed E-state index contributed by atoms with van der Waals surface area (Å²) in [5.41, 5.74) is 2.63. The lowest BCUT2D eigenvalue weighted by molar-refractivity contribution is -0.134. The summed E-state index contributed by atoms with van der Waals surface area (Å²) < 4.78 is 5.10. The van der Waals surface area contributed by atoms with Gasteiger partial charge in [0.25, 0.3) is 5.91 Å². The van der Waals surface area contributed by atoms with Crippen LogP contribution in [0.2, 0.25) is 5.02 Å². The van der Waals surface area contributed by atoms with E-state index in [4.69, 9.17) is 16.3 Å². The van der Waals surface area contributed by atoms with E-state index in [1.54, 1.807) is 17.0 Å². The number of anilines is 1. The molecule has 0 saturated carbocycles. The van der Waals surface area contributed by atoms with Gasteiger partial charge in [0.15, 0.2) is 6.61 Å². The smallest absolute Gasteiger partial charge is 0.338 e. The average molecular weight is 374 g/mol. The van der Waals surface area contributed by atoms with Crippen molar-refractivity contribution in [1.29, 1.82) is 0 Å². The Morgan fingerprint density at radius 3 is 2.50 bits per heavy atom. The monoisotopic (exact) mass is 373 g/mol. The number of pyridine rings is 1. The van der Waals surface area contributed by atoms with Crippen molar-refractivity contribution in [3.8, 4) is 0 Å². The molecule has 1 aliphatic rings. The highest BCUT2D eigenvalue weighted by atomic mass is 35.5. The molecule has 1 aromatic heterocycles. The maximum Gasteiger partial charge on any atom is 0.338 e. The first kappa shape index (κ1) is 18.2. The van der Waals surface area contributed by atoms with Crippen LogP contribution in [0, 0.1) is 6.92 Å². The van der Waals surface area contributed by atoms with Gasteiger partial charge in [-0.1, -0.05) is 17.7 Å². The first-order valence-electron chi connectivity index (χ1n) is 8.40. The van der Waals surface area contributed by atoms with Crippen molar-refractivity contribution in [2.45, 2.75) is 6.92 Å². The second kappa shape index (κ2) is 8.19. The summed E-state index contributed by atoms with van der Waals surface area (Å²) in [5, 5.41) is 0.701. The van der Waals surface area contributed by atoms with E-state index in [1.165, 1.54) is 12.4 Å². The van der Waals surface area contributed by atoms with Gasteiger partial charge in [0.2, 0.25) is 0 Å². The molecule has 0 aliphatic carbocycles. The molecule has 2 heterocycles. The lowest BCUT2D eigenvalue weighted by Crippen LogP contribution is -2.50. The Kier molecular flexibility index (Phi) is 5.73. The van der Waals surface area contributed by atoms with Crippen LogP contribution >= 0.6 is 11.6 Å². The van der Waals surface area contributed by atoms with Crippen molar-refractivity contribution >= 4 is 29.2 Å². The van der Waals surface area contributed by atoms with Crippen LogP contribution in [-0.2, 0) is 9.53 Å². The van der Waals surface area contributed by atoms with Gasteiger partial charge in [-0.05, 0) is 36.8 Å². The second-order valence-electron chi connectivity index (χ2n) is 6.11. The summed E-state index contributed by atoms with van der Waals surface area (Å²) in [6.07, 6.45) is 3.02. The maximum absolute atomic E-state index is 12.3. The van der Waals surface area contributed by atoms with E-state index in [0.717, 1.165) is 11.3 Å². The lowest BCUT2D eigenvalue weighted by atomic mass is 10.1. The first-order valence-corrected chi connectivity index (χ1v) is 8.78. The Balaban J connectivity index is 1.51. The summed E-state index contributed by atoms with van der Waals surface area (Å²) in [6, 6.07) is 8.92. The molecule has 7 heteroatoms. The molecular weight excluding hydrogens is 354 g/mol. The maximum atomic E-state index is 12.3. The number of amides is 1. The van der Waals surface area contributed by atoms with E-state index in [9.17, 15) is 9.59 Å². The molecule has 1 amide bonds. The Morgan fingerprint density at radius 2 is 1.81 bits per heavy atom. The molecule has 2 aromatic rings. The number of aromatic nitrogens is 1. The summed E-state index contributed by atoms with van der Waals surface area (Å²) in [7, 11) is 0. The van der Waals surface area contributed by atoms with Gasteiger partial charge in [0, 0.05) is 49.3 Å². The van der Waals surface area contributed by atoms with E-state index >= 15 is 0 Å². The van der Waals surface area contributed by atoms with Crippen LogP contribution < -0.4 is 4.90 Å². The van der Waals surface area contributed by atoms with Crippen LogP contribution in [0.1, 0.15) is 15.9 Å². The van der Waals surface area contributed by atoms with Crippen molar-refractivity contribution in [2.24, 2.45) is 0 Å². The zero-order valence-electron chi connectivity index (χ0n) is 14.5. The van der Waals surface area contributed by atoms with Gasteiger partial charge in [0.05, 0.1) is 5.56 Å². The number of benzene rings is 1. The van der Waals surface area contributed by atoms with Crippen molar-refractivity contribution in [2.75, 3.05) is 37.7 Å². The molecule has 136 valence electrons. The van der Waals surface area contributed by atoms with Gasteiger partial charge in [-0.3, -0.25) is 9.78 Å². The quantitative estimate of drug-likeness (QED) is 0.771. The van der Waals surface area contributed by atoms with Gasteiger partial charge in [-0.15, -0.1) is 0 Å². The Bertz CT molecular complexity index is 790. The minimum Gasteiger partial charge on any atom is -0.452 e. The van der Waals surface area contributed by atoms with Gasteiger partial charge < -0.3 is 14.5 Å². The highest BCUT2D eigenvalue weighted by Gasteiger charge is 2.23. The number of carbonyl (C=O) groups is 2. The number of esters is 1. The number of piperazine rings is 1. The number of hydrogen-bond acceptors (Lipinski definition) is 5. The second-order valence-corrected chi connectivity index (χ2v) is 6.55. The minimum absolute atomic E-state index is 0.185. The molecule has 0 radical (unpaired) electrons. The van der Waals surface area contributed by atoms with Gasteiger partial charge in [-0.2, -0.15) is 0 Å². The normalized spacial score (nSPS) is 14.2. The summed E-state index contributed by atoms with van der Waals surface area (Å²) in [4.78, 5) is 32.0. The molecule has 0 N–H and O–H groups in total. The van der Waals surface area contributed by atoms with Gasteiger partial charge in [0.1, 0.15) is 0 Å². The number of aryl methyl sites for hydroxylation is 1. The third-order valence-corrected chi connectivity index (χ3v) is 4.62. The predicted octanol–water partition coefficient (Wildman–Crippen LogP) is 2.55. The fraction of sp³-hybridized carbons (Fsp3) is 0.316. The number of hydrogen-bond donors (Lipinski definition) is 0. The van der Waals surface area contributed by atoms with Crippen LogP contribution in [-0.4, -0.2) is 54.5 Å². The standard InChI is InChI=1S/C19H20ClN3O3/c1-14-2-3-16(20)12-17(14)22-8-10-23(11-9-22)18(24)13-26-19(25)15-4-6-21-7-5-15/h2-7,12H,8-11,13H2,1H3. The third kappa shape index (κ3) is 4.32. The number of rotatable bonds is 4. The largest absolute Gasteiger partial charge is 0.452 e. The molecule has 3 rings (SSSR count). The highest BCUT2D eigenvalue weighted by molar-refractivity contribution is 6.30. The summed E-state index contributed by atoms with van der Waals surface area (Å²) in [6.45, 7) is 4.38. The lowest BCUT2D eigenvalue weighted by Gasteiger charge is -2.36. The molecule has 1 saturated heterocycles. The molecule has 26 heavy (non-hydrogen) atoms. The SMILES string of the molecule is Cc1ccc(Cl)cc1N1CCN(C(=O)COC(=O)c2ccncc2)CC1. The third-order valence-electron chi connectivity index (χ3n) is 4.39. The number of carbonyl (C=O) groups excluding carboxylic acids is 2. The molecular formula is C19H20ClN3O3. The first-order chi connectivity index (χ1) is 12.5. The molecule has 0 atom stereocenters. The molecule has 0 unspecified atom stereocenters. The van der Waals surface area contributed by atoms with E-state index < -0.39 is 5.97 Å². The highest BCUT2D eigenvalue weighted by Crippen LogP contribution is 2.25. The van der Waals surface area contributed by atoms with Crippen molar-refractivity contribution in [3.63, 3.8) is 0 Å². The predicted molar refractivity (Wildman–Crippen MR) is 99.5 cm³/mol. The fourth-order valence-electron chi connectivity index (χ4n) is 2.91. The number of halogens is 1. The molecule has 1 aromatic carbocycles. The zero-order valence-corrected chi connectivity index (χ0v) is 15.3. The summed E-state index contributed by atoms with van der Waals surface area (Å²) >= 11 is 6.09. The van der Waals surface area contributed by atoms with Crippen molar-refractivity contribution < 1.29 is 14.3 Å². The van der Waals surface area contributed by atoms with Crippen LogP contribution in [0.4, 0.5) is 5.69 Å². The Labute approximate surface area is 157 Å². The van der Waals surface area contributed by atoms with Crippen molar-refractivity contribution in [1.82, 2.24) is 9.88 Å². The van der Waals surface area contributed by atoms with Gasteiger partial charge >= 0.3 is 5.97 Å². The number of ether oxygens (including phenoxy) is 1. The fourth-order valence-corrected chi connectivity index (χ4v) is 3.08. The van der Waals surface area contributed by atoms with Crippen LogP contribution in [0.15, 0.2) is 42.7 Å².